The number of aromatic nitrogens is 3. The predicted octanol–water partition coefficient (Wildman–Crippen LogP) is 4.73. The second-order valence-corrected chi connectivity index (χ2v) is 8.00. The number of rotatable bonds is 6. The normalized spacial score (nSPS) is 10.5. The molecule has 10 heteroatoms. The summed E-state index contributed by atoms with van der Waals surface area (Å²) in [5.41, 5.74) is 2.06. The lowest BCUT2D eigenvalue weighted by Crippen LogP contribution is -2.22. The van der Waals surface area contributed by atoms with Crippen molar-refractivity contribution in [3.8, 4) is 17.0 Å². The number of carbonyl (C=O) groups is 2. The molecule has 0 fully saturated rings. The summed E-state index contributed by atoms with van der Waals surface area (Å²) in [7, 11) is 0. The van der Waals surface area contributed by atoms with E-state index in [2.05, 4.69) is 25.6 Å². The maximum absolute atomic E-state index is 12.5. The summed E-state index contributed by atoms with van der Waals surface area (Å²) in [6.45, 7) is 0.248. The first kappa shape index (κ1) is 23.2. The van der Waals surface area contributed by atoms with E-state index in [1.807, 2.05) is 0 Å². The molecular formula is C24H17Cl2N5O3. The number of carbonyl (C=O) groups excluding carboxylic acids is 2. The minimum Gasteiger partial charge on any atom is -0.508 e. The molecule has 0 aliphatic heterocycles. The number of anilines is 1. The van der Waals surface area contributed by atoms with Crippen LogP contribution in [-0.2, 0) is 6.54 Å². The fourth-order valence-corrected chi connectivity index (χ4v) is 3.44. The molecule has 2 heterocycles. The number of nitrogens with zero attached hydrogens (tertiary/aromatic N) is 3. The second kappa shape index (κ2) is 10.3. The fraction of sp³-hybridized carbons (Fsp3) is 0.0417. The fourth-order valence-electron chi connectivity index (χ4n) is 3.05. The maximum Gasteiger partial charge on any atom is 0.277 e. The number of benzene rings is 2. The van der Waals surface area contributed by atoms with Gasteiger partial charge in [-0.2, -0.15) is 0 Å². The zero-order chi connectivity index (χ0) is 24.1. The van der Waals surface area contributed by atoms with Gasteiger partial charge in [0.15, 0.2) is 0 Å². The van der Waals surface area contributed by atoms with E-state index in [-0.39, 0.29) is 28.9 Å². The molecule has 170 valence electrons. The highest BCUT2D eigenvalue weighted by atomic mass is 35.5. The van der Waals surface area contributed by atoms with E-state index in [1.165, 1.54) is 24.7 Å². The molecule has 0 radical (unpaired) electrons. The van der Waals surface area contributed by atoms with Gasteiger partial charge in [-0.15, -0.1) is 0 Å². The van der Waals surface area contributed by atoms with Crippen LogP contribution in [0.1, 0.15) is 26.4 Å². The van der Waals surface area contributed by atoms with Gasteiger partial charge < -0.3 is 15.7 Å². The molecule has 4 aromatic rings. The van der Waals surface area contributed by atoms with Crippen LogP contribution in [0.5, 0.6) is 5.75 Å². The molecular weight excluding hydrogens is 477 g/mol. The molecule has 0 aliphatic carbocycles. The van der Waals surface area contributed by atoms with Crippen LogP contribution in [0.3, 0.4) is 0 Å². The molecule has 0 saturated carbocycles. The number of phenolic OH excluding ortho intramolecular Hbond substituents is 1. The van der Waals surface area contributed by atoms with Crippen molar-refractivity contribution in [2.75, 3.05) is 5.32 Å². The predicted molar refractivity (Wildman–Crippen MR) is 129 cm³/mol. The first-order valence-electron chi connectivity index (χ1n) is 10.00. The third-order valence-corrected chi connectivity index (χ3v) is 5.24. The van der Waals surface area contributed by atoms with Crippen LogP contribution in [0.2, 0.25) is 10.0 Å². The summed E-state index contributed by atoms with van der Waals surface area (Å²) >= 11 is 12.2. The second-order valence-electron chi connectivity index (χ2n) is 7.15. The number of halogens is 2. The molecule has 2 aromatic carbocycles. The van der Waals surface area contributed by atoms with Crippen LogP contribution < -0.4 is 10.6 Å². The lowest BCUT2D eigenvalue weighted by atomic mass is 10.1. The van der Waals surface area contributed by atoms with Gasteiger partial charge in [0.1, 0.15) is 17.3 Å². The van der Waals surface area contributed by atoms with Crippen LogP contribution in [0.4, 0.5) is 5.82 Å². The number of aromatic hydroxyl groups is 1. The monoisotopic (exact) mass is 493 g/mol. The summed E-state index contributed by atoms with van der Waals surface area (Å²) in [6.07, 6.45) is 4.21. The molecule has 2 aromatic heterocycles. The Kier molecular flexibility index (Phi) is 7.01. The third-order valence-electron chi connectivity index (χ3n) is 4.71. The van der Waals surface area contributed by atoms with Crippen LogP contribution in [0.25, 0.3) is 11.3 Å². The minimum atomic E-state index is -0.497. The number of hydrogen-bond donors (Lipinski definition) is 3. The highest BCUT2D eigenvalue weighted by Gasteiger charge is 2.14. The molecule has 0 saturated heterocycles. The van der Waals surface area contributed by atoms with E-state index in [1.54, 1.807) is 48.5 Å². The van der Waals surface area contributed by atoms with Gasteiger partial charge in [-0.05, 0) is 42.0 Å². The van der Waals surface area contributed by atoms with Gasteiger partial charge in [0.25, 0.3) is 11.8 Å². The minimum absolute atomic E-state index is 0.0678. The molecule has 0 aliphatic rings. The molecule has 34 heavy (non-hydrogen) atoms. The molecule has 3 N–H and O–H groups in total. The number of hydrogen-bond acceptors (Lipinski definition) is 6. The van der Waals surface area contributed by atoms with Gasteiger partial charge in [-0.3, -0.25) is 14.6 Å². The molecule has 0 unspecified atom stereocenters. The Bertz CT molecular complexity index is 1360. The summed E-state index contributed by atoms with van der Waals surface area (Å²) < 4.78 is 0. The molecule has 0 bridgehead atoms. The van der Waals surface area contributed by atoms with Crippen molar-refractivity contribution in [1.82, 2.24) is 20.3 Å². The number of nitrogens with one attached hydrogen (secondary N) is 2. The molecule has 0 atom stereocenters. The van der Waals surface area contributed by atoms with Crippen LogP contribution >= 0.6 is 23.2 Å². The average molecular weight is 494 g/mol. The molecule has 4 rings (SSSR count). The SMILES string of the molecule is O=C(NCc1cccc(O)c1)c1ccc(-c2cncc(C(=O)Nc3ccc(Cl)cn3)n2)c(Cl)c1. The van der Waals surface area contributed by atoms with Gasteiger partial charge in [0.2, 0.25) is 0 Å². The zero-order valence-corrected chi connectivity index (χ0v) is 19.0. The Morgan fingerprint density at radius 2 is 1.79 bits per heavy atom. The quantitative estimate of drug-likeness (QED) is 0.357. The summed E-state index contributed by atoms with van der Waals surface area (Å²) in [4.78, 5) is 37.5. The smallest absolute Gasteiger partial charge is 0.277 e. The topological polar surface area (TPSA) is 117 Å². The lowest BCUT2D eigenvalue weighted by Gasteiger charge is -2.09. The van der Waals surface area contributed by atoms with Crippen molar-refractivity contribution < 1.29 is 14.7 Å². The van der Waals surface area contributed by atoms with Crippen molar-refractivity contribution in [2.24, 2.45) is 0 Å². The van der Waals surface area contributed by atoms with E-state index in [4.69, 9.17) is 23.2 Å². The van der Waals surface area contributed by atoms with E-state index in [0.717, 1.165) is 5.56 Å². The lowest BCUT2D eigenvalue weighted by molar-refractivity contribution is 0.0950. The van der Waals surface area contributed by atoms with Crippen molar-refractivity contribution >= 4 is 40.8 Å². The summed E-state index contributed by atoms with van der Waals surface area (Å²) in [6, 6.07) is 14.5. The van der Waals surface area contributed by atoms with Crippen molar-refractivity contribution in [3.63, 3.8) is 0 Å². The number of phenols is 1. The van der Waals surface area contributed by atoms with Gasteiger partial charge in [-0.25, -0.2) is 9.97 Å². The highest BCUT2D eigenvalue weighted by Crippen LogP contribution is 2.27. The maximum atomic E-state index is 12.5. The number of pyridine rings is 1. The van der Waals surface area contributed by atoms with Crippen LogP contribution in [0, 0.1) is 0 Å². The molecule has 8 nitrogen and oxygen atoms in total. The van der Waals surface area contributed by atoms with Gasteiger partial charge in [0, 0.05) is 23.9 Å². The van der Waals surface area contributed by atoms with Crippen molar-refractivity contribution in [2.45, 2.75) is 6.54 Å². The standard InChI is InChI=1S/C24H17Cl2N5O3/c25-16-5-7-22(28-11-16)31-24(34)21-13-27-12-20(30-21)18-6-4-15(9-19(18)26)23(33)29-10-14-2-1-3-17(32)8-14/h1-9,11-13,32H,10H2,(H,29,33)(H,28,31,34). The Morgan fingerprint density at radius 3 is 2.53 bits per heavy atom. The van der Waals surface area contributed by atoms with Gasteiger partial charge in [-0.1, -0.05) is 41.4 Å². The van der Waals surface area contributed by atoms with E-state index >= 15 is 0 Å². The van der Waals surface area contributed by atoms with E-state index in [0.29, 0.717) is 27.7 Å². The first-order valence-corrected chi connectivity index (χ1v) is 10.8. The number of amides is 2. The largest absolute Gasteiger partial charge is 0.508 e. The highest BCUT2D eigenvalue weighted by molar-refractivity contribution is 6.33. The third kappa shape index (κ3) is 5.67. The van der Waals surface area contributed by atoms with Crippen molar-refractivity contribution in [1.29, 1.82) is 0 Å². The molecule has 0 spiro atoms. The first-order chi connectivity index (χ1) is 16.4. The molecule has 2 amide bonds. The van der Waals surface area contributed by atoms with E-state index in [9.17, 15) is 14.7 Å². The Hall–Kier alpha value is -4.01. The summed E-state index contributed by atoms with van der Waals surface area (Å²) in [5.74, 6) is -0.379. The summed E-state index contributed by atoms with van der Waals surface area (Å²) in [5, 5.41) is 15.7. The Balaban J connectivity index is 1.47. The Morgan fingerprint density at radius 1 is 0.941 bits per heavy atom. The van der Waals surface area contributed by atoms with Crippen molar-refractivity contribution in [3.05, 3.63) is 100 Å². The van der Waals surface area contributed by atoms with Crippen LogP contribution in [-0.4, -0.2) is 31.9 Å². The van der Waals surface area contributed by atoms with Crippen LogP contribution in [0.15, 0.2) is 73.2 Å². The Labute approximate surface area is 204 Å². The van der Waals surface area contributed by atoms with Gasteiger partial charge in [0.05, 0.1) is 28.1 Å². The van der Waals surface area contributed by atoms with E-state index < -0.39 is 5.91 Å². The zero-order valence-electron chi connectivity index (χ0n) is 17.5. The average Bonchev–Trinajstić information content (AvgIpc) is 2.84. The van der Waals surface area contributed by atoms with Gasteiger partial charge >= 0.3 is 0 Å².